The van der Waals surface area contributed by atoms with Crippen molar-refractivity contribution in [3.05, 3.63) is 0 Å². The standard InChI is InChI=1S/C16H29NO5/c1-21-15(19)14(11-5-3-2-4-8-12-18)17-16(20)22-13-9-6-7-10-13/h13-14,18H,2-12H2,1H3,(H,17,20)/t14-/m0/s1. The van der Waals surface area contributed by atoms with Crippen LogP contribution in [0.2, 0.25) is 0 Å². The Bertz CT molecular complexity index is 328. The number of nitrogens with one attached hydrogen (secondary N) is 1. The van der Waals surface area contributed by atoms with Crippen molar-refractivity contribution in [2.24, 2.45) is 0 Å². The smallest absolute Gasteiger partial charge is 0.408 e. The van der Waals surface area contributed by atoms with Crippen molar-refractivity contribution >= 4 is 12.1 Å². The van der Waals surface area contributed by atoms with Crippen LogP contribution in [0, 0.1) is 0 Å². The summed E-state index contributed by atoms with van der Waals surface area (Å²) >= 11 is 0. The van der Waals surface area contributed by atoms with Crippen LogP contribution in [-0.2, 0) is 14.3 Å². The van der Waals surface area contributed by atoms with E-state index in [2.05, 4.69) is 5.32 Å². The summed E-state index contributed by atoms with van der Waals surface area (Å²) in [5.74, 6) is -0.432. The van der Waals surface area contributed by atoms with E-state index in [1.165, 1.54) is 7.11 Å². The molecule has 0 aromatic heterocycles. The molecule has 2 N–H and O–H groups in total. The lowest BCUT2D eigenvalue weighted by Crippen LogP contribution is -2.42. The molecule has 0 aliphatic heterocycles. The number of methoxy groups -OCH3 is 1. The van der Waals surface area contributed by atoms with E-state index >= 15 is 0 Å². The quantitative estimate of drug-likeness (QED) is 0.478. The van der Waals surface area contributed by atoms with Crippen LogP contribution in [0.4, 0.5) is 4.79 Å². The Morgan fingerprint density at radius 1 is 1.14 bits per heavy atom. The van der Waals surface area contributed by atoms with Crippen molar-refractivity contribution in [1.82, 2.24) is 5.32 Å². The first-order valence-corrected chi connectivity index (χ1v) is 8.33. The zero-order valence-electron chi connectivity index (χ0n) is 13.5. The summed E-state index contributed by atoms with van der Waals surface area (Å²) < 4.78 is 10.0. The Kier molecular flexibility index (Phi) is 9.62. The number of ether oxygens (including phenoxy) is 2. The molecule has 1 aliphatic carbocycles. The number of carbonyl (C=O) groups excluding carboxylic acids is 2. The Morgan fingerprint density at radius 2 is 1.77 bits per heavy atom. The molecular weight excluding hydrogens is 286 g/mol. The van der Waals surface area contributed by atoms with E-state index in [1.807, 2.05) is 0 Å². The number of hydrogen-bond acceptors (Lipinski definition) is 5. The van der Waals surface area contributed by atoms with Gasteiger partial charge < -0.3 is 19.9 Å². The highest BCUT2D eigenvalue weighted by Crippen LogP contribution is 2.21. The van der Waals surface area contributed by atoms with Crippen LogP contribution in [0.15, 0.2) is 0 Å². The molecule has 1 atom stereocenters. The summed E-state index contributed by atoms with van der Waals surface area (Å²) in [5.41, 5.74) is 0. The normalized spacial score (nSPS) is 16.3. The minimum Gasteiger partial charge on any atom is -0.467 e. The Morgan fingerprint density at radius 3 is 2.41 bits per heavy atom. The number of esters is 1. The van der Waals surface area contributed by atoms with Gasteiger partial charge in [-0.25, -0.2) is 9.59 Å². The van der Waals surface area contributed by atoms with E-state index in [-0.39, 0.29) is 12.7 Å². The van der Waals surface area contributed by atoms with Gasteiger partial charge in [-0.2, -0.15) is 0 Å². The SMILES string of the molecule is COC(=O)[C@H](CCCCCCCO)NC(=O)OC1CCCC1. The predicted octanol–water partition coefficient (Wildman–Crippen LogP) is 2.53. The molecule has 6 nitrogen and oxygen atoms in total. The minimum atomic E-state index is -0.642. The predicted molar refractivity (Wildman–Crippen MR) is 82.5 cm³/mol. The summed E-state index contributed by atoms with van der Waals surface area (Å²) in [4.78, 5) is 23.6. The fourth-order valence-corrected chi connectivity index (χ4v) is 2.72. The van der Waals surface area contributed by atoms with Gasteiger partial charge in [0.25, 0.3) is 0 Å². The van der Waals surface area contributed by atoms with E-state index in [1.54, 1.807) is 0 Å². The average molecular weight is 315 g/mol. The van der Waals surface area contributed by atoms with Gasteiger partial charge in [0.2, 0.25) is 0 Å². The van der Waals surface area contributed by atoms with Gasteiger partial charge in [-0.3, -0.25) is 0 Å². The summed E-state index contributed by atoms with van der Waals surface area (Å²) in [5, 5.41) is 11.3. The first-order chi connectivity index (χ1) is 10.7. The maximum Gasteiger partial charge on any atom is 0.408 e. The van der Waals surface area contributed by atoms with E-state index < -0.39 is 18.1 Å². The van der Waals surface area contributed by atoms with Crippen LogP contribution in [-0.4, -0.2) is 43.0 Å². The lowest BCUT2D eigenvalue weighted by molar-refractivity contribution is -0.143. The van der Waals surface area contributed by atoms with Crippen molar-refractivity contribution in [3.8, 4) is 0 Å². The van der Waals surface area contributed by atoms with Gasteiger partial charge in [-0.15, -0.1) is 0 Å². The number of aliphatic hydroxyl groups is 1. The first kappa shape index (κ1) is 18.7. The van der Waals surface area contributed by atoms with Crippen LogP contribution in [0.1, 0.15) is 64.2 Å². The molecule has 1 aliphatic rings. The Balaban J connectivity index is 2.26. The van der Waals surface area contributed by atoms with Crippen LogP contribution >= 0.6 is 0 Å². The number of alkyl carbamates (subject to hydrolysis) is 1. The van der Waals surface area contributed by atoms with Crippen molar-refractivity contribution in [2.45, 2.75) is 76.4 Å². The molecule has 0 spiro atoms. The molecule has 1 saturated carbocycles. The third-order valence-electron chi connectivity index (χ3n) is 4.00. The molecule has 0 saturated heterocycles. The van der Waals surface area contributed by atoms with Crippen molar-refractivity contribution in [1.29, 1.82) is 0 Å². The number of aliphatic hydroxyl groups excluding tert-OH is 1. The molecule has 0 aromatic rings. The van der Waals surface area contributed by atoms with Gasteiger partial charge in [-0.1, -0.05) is 25.7 Å². The van der Waals surface area contributed by atoms with Gasteiger partial charge in [0.05, 0.1) is 7.11 Å². The summed E-state index contributed by atoms with van der Waals surface area (Å²) in [6.07, 6.45) is 8.59. The molecule has 1 rings (SSSR count). The van der Waals surface area contributed by atoms with E-state index in [0.717, 1.165) is 57.8 Å². The molecule has 1 fully saturated rings. The molecule has 0 aromatic carbocycles. The molecule has 6 heteroatoms. The van der Waals surface area contributed by atoms with E-state index in [9.17, 15) is 9.59 Å². The zero-order chi connectivity index (χ0) is 16.2. The molecule has 128 valence electrons. The van der Waals surface area contributed by atoms with Crippen LogP contribution in [0.3, 0.4) is 0 Å². The highest BCUT2D eigenvalue weighted by Gasteiger charge is 2.24. The van der Waals surface area contributed by atoms with Gasteiger partial charge in [0.15, 0.2) is 0 Å². The molecular formula is C16H29NO5. The van der Waals surface area contributed by atoms with Crippen LogP contribution in [0.5, 0.6) is 0 Å². The monoisotopic (exact) mass is 315 g/mol. The molecule has 0 heterocycles. The van der Waals surface area contributed by atoms with Gasteiger partial charge >= 0.3 is 12.1 Å². The first-order valence-electron chi connectivity index (χ1n) is 8.33. The molecule has 0 radical (unpaired) electrons. The van der Waals surface area contributed by atoms with Gasteiger partial charge in [0.1, 0.15) is 12.1 Å². The summed E-state index contributed by atoms with van der Waals surface area (Å²) in [7, 11) is 1.32. The second-order valence-corrected chi connectivity index (χ2v) is 5.81. The van der Waals surface area contributed by atoms with Crippen molar-refractivity contribution < 1.29 is 24.2 Å². The number of hydrogen-bond donors (Lipinski definition) is 2. The van der Waals surface area contributed by atoms with Gasteiger partial charge in [-0.05, 0) is 38.5 Å². The Hall–Kier alpha value is -1.30. The third-order valence-corrected chi connectivity index (χ3v) is 4.00. The largest absolute Gasteiger partial charge is 0.467 e. The number of carbonyl (C=O) groups is 2. The average Bonchev–Trinajstić information content (AvgIpc) is 3.01. The van der Waals surface area contributed by atoms with Crippen LogP contribution < -0.4 is 5.32 Å². The fraction of sp³-hybridized carbons (Fsp3) is 0.875. The lowest BCUT2D eigenvalue weighted by Gasteiger charge is -2.18. The summed E-state index contributed by atoms with van der Waals surface area (Å²) in [6, 6.07) is -0.642. The molecule has 1 amide bonds. The highest BCUT2D eigenvalue weighted by atomic mass is 16.6. The summed E-state index contributed by atoms with van der Waals surface area (Å²) in [6.45, 7) is 0.222. The topological polar surface area (TPSA) is 84.9 Å². The maximum atomic E-state index is 11.8. The van der Waals surface area contributed by atoms with Crippen molar-refractivity contribution in [2.75, 3.05) is 13.7 Å². The van der Waals surface area contributed by atoms with E-state index in [0.29, 0.717) is 6.42 Å². The maximum absolute atomic E-state index is 11.8. The van der Waals surface area contributed by atoms with Gasteiger partial charge in [0, 0.05) is 6.61 Å². The fourth-order valence-electron chi connectivity index (χ4n) is 2.72. The van der Waals surface area contributed by atoms with Crippen LogP contribution in [0.25, 0.3) is 0 Å². The minimum absolute atomic E-state index is 0.0169. The number of unbranched alkanes of at least 4 members (excludes halogenated alkanes) is 4. The third kappa shape index (κ3) is 7.64. The molecule has 0 bridgehead atoms. The highest BCUT2D eigenvalue weighted by molar-refractivity contribution is 5.81. The molecule has 0 unspecified atom stereocenters. The number of amides is 1. The lowest BCUT2D eigenvalue weighted by atomic mass is 10.1. The van der Waals surface area contributed by atoms with E-state index in [4.69, 9.17) is 14.6 Å². The van der Waals surface area contributed by atoms with Crippen molar-refractivity contribution in [3.63, 3.8) is 0 Å². The second kappa shape index (κ2) is 11.3. The zero-order valence-corrected chi connectivity index (χ0v) is 13.5. The second-order valence-electron chi connectivity index (χ2n) is 5.81. The Labute approximate surface area is 132 Å². The number of rotatable bonds is 10. The molecule has 22 heavy (non-hydrogen) atoms.